The van der Waals surface area contributed by atoms with E-state index in [1.807, 2.05) is 54.6 Å². The molecule has 124 valence electrons. The number of hydrogen-bond donors (Lipinski definition) is 1. The lowest BCUT2D eigenvalue weighted by atomic mass is 9.76. The van der Waals surface area contributed by atoms with Crippen LogP contribution in [0.1, 0.15) is 17.2 Å². The molecule has 0 saturated heterocycles. The van der Waals surface area contributed by atoms with Crippen molar-refractivity contribution in [1.29, 1.82) is 15.8 Å². The molecule has 0 unspecified atom stereocenters. The Morgan fingerprint density at radius 1 is 0.962 bits per heavy atom. The van der Waals surface area contributed by atoms with E-state index >= 15 is 0 Å². The molecule has 0 radical (unpaired) electrons. The maximum Gasteiger partial charge on any atom is 0.208 e. The minimum Gasteiger partial charge on any atom is -0.383 e. The minimum atomic E-state index is -1.73. The van der Waals surface area contributed by atoms with Crippen LogP contribution in [-0.2, 0) is 0 Å². The van der Waals surface area contributed by atoms with Crippen LogP contribution in [0, 0.1) is 39.4 Å². The third kappa shape index (κ3) is 2.55. The van der Waals surface area contributed by atoms with Crippen LogP contribution in [0.3, 0.4) is 0 Å². The van der Waals surface area contributed by atoms with Gasteiger partial charge in [-0.15, -0.1) is 0 Å². The lowest BCUT2D eigenvalue weighted by Gasteiger charge is -2.28. The minimum absolute atomic E-state index is 0.0108. The van der Waals surface area contributed by atoms with Gasteiger partial charge in [0.1, 0.15) is 23.5 Å². The number of hydrogen-bond acceptors (Lipinski definition) is 6. The molecule has 0 amide bonds. The van der Waals surface area contributed by atoms with E-state index in [4.69, 9.17) is 5.73 Å². The third-order valence-corrected chi connectivity index (χ3v) is 4.26. The summed E-state index contributed by atoms with van der Waals surface area (Å²) in [4.78, 5) is 0. The second kappa shape index (κ2) is 6.81. The SMILES string of the molecule is N#CC1=C(N)N(/N=C\c2ccccc2)[C@@H](c2ccccc2)C1(C#N)C#N. The lowest BCUT2D eigenvalue weighted by molar-refractivity contribution is 0.242. The van der Waals surface area contributed by atoms with Gasteiger partial charge in [0.25, 0.3) is 0 Å². The van der Waals surface area contributed by atoms with E-state index in [9.17, 15) is 15.8 Å². The zero-order chi connectivity index (χ0) is 18.6. The molecule has 0 spiro atoms. The fourth-order valence-electron chi connectivity index (χ4n) is 3.00. The molecule has 1 aliphatic heterocycles. The molecule has 2 N–H and O–H groups in total. The molecule has 1 heterocycles. The van der Waals surface area contributed by atoms with Gasteiger partial charge in [0.05, 0.1) is 18.4 Å². The van der Waals surface area contributed by atoms with E-state index in [0.717, 1.165) is 5.56 Å². The standard InChI is InChI=1S/C20H14N6/c21-11-17-19(24)26(25-12-15-7-3-1-4-8-15)18(20(17,13-22)14-23)16-9-5-2-6-10-16/h1-10,12,18H,24H2/b25-12-/t18-/m0/s1. The molecule has 6 heteroatoms. The first kappa shape index (κ1) is 16.8. The van der Waals surface area contributed by atoms with Crippen molar-refractivity contribution >= 4 is 6.21 Å². The maximum absolute atomic E-state index is 9.78. The van der Waals surface area contributed by atoms with Gasteiger partial charge in [0.2, 0.25) is 5.41 Å². The van der Waals surface area contributed by atoms with Crippen LogP contribution in [0.15, 0.2) is 77.2 Å². The molecule has 6 nitrogen and oxygen atoms in total. The Bertz CT molecular complexity index is 973. The van der Waals surface area contributed by atoms with Crippen LogP contribution < -0.4 is 5.73 Å². The number of rotatable bonds is 3. The Balaban J connectivity index is 2.16. The highest BCUT2D eigenvalue weighted by Gasteiger charge is 2.55. The predicted molar refractivity (Wildman–Crippen MR) is 95.5 cm³/mol. The van der Waals surface area contributed by atoms with Crippen molar-refractivity contribution in [1.82, 2.24) is 5.01 Å². The molecule has 2 aromatic carbocycles. The molecule has 0 bridgehead atoms. The summed E-state index contributed by atoms with van der Waals surface area (Å²) in [5, 5.41) is 34.9. The van der Waals surface area contributed by atoms with Crippen molar-refractivity contribution in [2.45, 2.75) is 6.04 Å². The number of nitrogens with zero attached hydrogens (tertiary/aromatic N) is 5. The average molecular weight is 338 g/mol. The number of nitriles is 3. The van der Waals surface area contributed by atoms with E-state index in [1.54, 1.807) is 30.5 Å². The van der Waals surface area contributed by atoms with Crippen LogP contribution in [0.4, 0.5) is 0 Å². The van der Waals surface area contributed by atoms with Crippen LogP contribution in [0.2, 0.25) is 0 Å². The van der Waals surface area contributed by atoms with Crippen molar-refractivity contribution in [2.75, 3.05) is 0 Å². The summed E-state index contributed by atoms with van der Waals surface area (Å²) in [6, 6.07) is 23.5. The zero-order valence-corrected chi connectivity index (χ0v) is 13.7. The molecule has 2 aromatic rings. The van der Waals surface area contributed by atoms with Crippen molar-refractivity contribution in [3.8, 4) is 18.2 Å². The van der Waals surface area contributed by atoms with Crippen molar-refractivity contribution in [3.63, 3.8) is 0 Å². The molecule has 0 saturated carbocycles. The van der Waals surface area contributed by atoms with Gasteiger partial charge in [-0.1, -0.05) is 60.7 Å². The predicted octanol–water partition coefficient (Wildman–Crippen LogP) is 2.80. The fourth-order valence-corrected chi connectivity index (χ4v) is 3.00. The molecule has 0 fully saturated rings. The smallest absolute Gasteiger partial charge is 0.208 e. The first-order valence-electron chi connectivity index (χ1n) is 7.84. The Labute approximate surface area is 151 Å². The molecule has 26 heavy (non-hydrogen) atoms. The Morgan fingerprint density at radius 2 is 1.54 bits per heavy atom. The molecule has 1 aliphatic rings. The molecular formula is C20H14N6. The van der Waals surface area contributed by atoms with E-state index < -0.39 is 11.5 Å². The van der Waals surface area contributed by atoms with Crippen LogP contribution >= 0.6 is 0 Å². The second-order valence-electron chi connectivity index (χ2n) is 5.72. The molecular weight excluding hydrogens is 324 g/mol. The summed E-state index contributed by atoms with van der Waals surface area (Å²) in [6.07, 6.45) is 1.59. The number of benzene rings is 2. The van der Waals surface area contributed by atoms with Gasteiger partial charge in [0, 0.05) is 0 Å². The highest BCUT2D eigenvalue weighted by atomic mass is 15.5. The van der Waals surface area contributed by atoms with Crippen LogP contribution in [0.5, 0.6) is 0 Å². The quantitative estimate of drug-likeness (QED) is 0.865. The highest BCUT2D eigenvalue weighted by molar-refractivity contribution is 5.79. The van der Waals surface area contributed by atoms with Gasteiger partial charge in [-0.3, -0.25) is 0 Å². The summed E-state index contributed by atoms with van der Waals surface area (Å²) >= 11 is 0. The van der Waals surface area contributed by atoms with Gasteiger partial charge in [-0.2, -0.15) is 20.9 Å². The van der Waals surface area contributed by atoms with Crippen LogP contribution in [0.25, 0.3) is 0 Å². The maximum atomic E-state index is 9.78. The Morgan fingerprint density at radius 3 is 2.08 bits per heavy atom. The van der Waals surface area contributed by atoms with Gasteiger partial charge >= 0.3 is 0 Å². The summed E-state index contributed by atoms with van der Waals surface area (Å²) in [7, 11) is 0. The fraction of sp³-hybridized carbons (Fsp3) is 0.100. The van der Waals surface area contributed by atoms with E-state index in [1.165, 1.54) is 5.01 Å². The third-order valence-electron chi connectivity index (χ3n) is 4.26. The van der Waals surface area contributed by atoms with Gasteiger partial charge < -0.3 is 5.73 Å². The lowest BCUT2D eigenvalue weighted by Crippen LogP contribution is -2.31. The zero-order valence-electron chi connectivity index (χ0n) is 13.7. The first-order valence-corrected chi connectivity index (χ1v) is 7.84. The largest absolute Gasteiger partial charge is 0.383 e. The molecule has 0 aliphatic carbocycles. The molecule has 0 aromatic heterocycles. The topological polar surface area (TPSA) is 113 Å². The number of hydrazone groups is 1. The van der Waals surface area contributed by atoms with E-state index in [2.05, 4.69) is 5.10 Å². The summed E-state index contributed by atoms with van der Waals surface area (Å²) in [5.41, 5.74) is 5.82. The van der Waals surface area contributed by atoms with E-state index in [-0.39, 0.29) is 11.4 Å². The van der Waals surface area contributed by atoms with E-state index in [0.29, 0.717) is 5.56 Å². The van der Waals surface area contributed by atoms with Gasteiger partial charge in [-0.05, 0) is 11.1 Å². The summed E-state index contributed by atoms with van der Waals surface area (Å²) in [6.45, 7) is 0. The molecule has 1 atom stereocenters. The summed E-state index contributed by atoms with van der Waals surface area (Å²) in [5.74, 6) is 0.0108. The van der Waals surface area contributed by atoms with Crippen molar-refractivity contribution in [2.24, 2.45) is 16.3 Å². The number of nitrogens with two attached hydrogens (primary N) is 1. The Hall–Kier alpha value is -4.08. The Kier molecular flexibility index (Phi) is 4.39. The van der Waals surface area contributed by atoms with Crippen molar-refractivity contribution < 1.29 is 0 Å². The van der Waals surface area contributed by atoms with Gasteiger partial charge in [0.15, 0.2) is 0 Å². The highest BCUT2D eigenvalue weighted by Crippen LogP contribution is 2.50. The summed E-state index contributed by atoms with van der Waals surface area (Å²) < 4.78 is 0. The van der Waals surface area contributed by atoms with Gasteiger partial charge in [-0.25, -0.2) is 5.01 Å². The normalized spacial score (nSPS) is 18.3. The van der Waals surface area contributed by atoms with Crippen LogP contribution in [-0.4, -0.2) is 11.2 Å². The monoisotopic (exact) mass is 338 g/mol. The average Bonchev–Trinajstić information content (AvgIpc) is 2.95. The second-order valence-corrected chi connectivity index (χ2v) is 5.72. The molecule has 3 rings (SSSR count). The van der Waals surface area contributed by atoms with Crippen molar-refractivity contribution in [3.05, 3.63) is 83.2 Å². The first-order chi connectivity index (χ1) is 12.7.